The van der Waals surface area contributed by atoms with Gasteiger partial charge in [0.15, 0.2) is 0 Å². The van der Waals surface area contributed by atoms with Gasteiger partial charge in [-0.25, -0.2) is 0 Å². The second-order valence-corrected chi connectivity index (χ2v) is 6.29. The zero-order valence-corrected chi connectivity index (χ0v) is 12.0. The summed E-state index contributed by atoms with van der Waals surface area (Å²) in [7, 11) is 0. The van der Waals surface area contributed by atoms with Gasteiger partial charge < -0.3 is 10.0 Å². The van der Waals surface area contributed by atoms with Gasteiger partial charge in [0.1, 0.15) is 0 Å². The molecule has 1 aliphatic heterocycles. The Morgan fingerprint density at radius 2 is 2.00 bits per heavy atom. The van der Waals surface area contributed by atoms with E-state index in [-0.39, 0.29) is 23.9 Å². The quantitative estimate of drug-likeness (QED) is 0.925. The predicted octanol–water partition coefficient (Wildman–Crippen LogP) is 2.39. The van der Waals surface area contributed by atoms with Gasteiger partial charge in [-0.2, -0.15) is 0 Å². The van der Waals surface area contributed by atoms with Crippen molar-refractivity contribution in [2.24, 2.45) is 5.92 Å². The first-order chi connectivity index (χ1) is 8.99. The van der Waals surface area contributed by atoms with E-state index in [2.05, 4.69) is 0 Å². The van der Waals surface area contributed by atoms with Crippen molar-refractivity contribution < 1.29 is 14.7 Å². The third-order valence-corrected chi connectivity index (χ3v) is 4.62. The number of nitrogens with zero attached hydrogens (tertiary/aromatic N) is 1. The van der Waals surface area contributed by atoms with E-state index >= 15 is 0 Å². The van der Waals surface area contributed by atoms with Gasteiger partial charge in [-0.1, -0.05) is 6.07 Å². The zero-order valence-electron chi connectivity index (χ0n) is 11.2. The van der Waals surface area contributed by atoms with Gasteiger partial charge in [0.2, 0.25) is 5.91 Å². The molecule has 0 aliphatic carbocycles. The highest BCUT2D eigenvalue weighted by atomic mass is 32.1. The maximum atomic E-state index is 12.3. The molecule has 19 heavy (non-hydrogen) atoms. The second-order valence-electron chi connectivity index (χ2n) is 5.26. The largest absolute Gasteiger partial charge is 0.481 e. The number of thiophene rings is 1. The fourth-order valence-corrected chi connectivity index (χ4v) is 3.62. The Morgan fingerprint density at radius 1 is 1.37 bits per heavy atom. The Bertz CT molecular complexity index is 445. The SMILES string of the molecule is CC1CC(C(=O)O)CC(C)N1C(=O)Cc1cccs1. The predicted molar refractivity (Wildman–Crippen MR) is 74.2 cm³/mol. The topological polar surface area (TPSA) is 57.6 Å². The lowest BCUT2D eigenvalue weighted by Crippen LogP contribution is -2.51. The second kappa shape index (κ2) is 5.74. The summed E-state index contributed by atoms with van der Waals surface area (Å²) in [6.45, 7) is 3.88. The minimum Gasteiger partial charge on any atom is -0.481 e. The first-order valence-electron chi connectivity index (χ1n) is 6.55. The van der Waals surface area contributed by atoms with Crippen molar-refractivity contribution in [3.8, 4) is 0 Å². The van der Waals surface area contributed by atoms with E-state index in [0.717, 1.165) is 4.88 Å². The van der Waals surface area contributed by atoms with Crippen LogP contribution in [0.2, 0.25) is 0 Å². The molecule has 0 radical (unpaired) electrons. The van der Waals surface area contributed by atoms with Crippen molar-refractivity contribution in [3.05, 3.63) is 22.4 Å². The lowest BCUT2D eigenvalue weighted by molar-refractivity contribution is -0.149. The first-order valence-corrected chi connectivity index (χ1v) is 7.43. The van der Waals surface area contributed by atoms with E-state index in [9.17, 15) is 9.59 Å². The van der Waals surface area contributed by atoms with Gasteiger partial charge in [0.05, 0.1) is 12.3 Å². The molecule has 0 saturated carbocycles. The van der Waals surface area contributed by atoms with Crippen molar-refractivity contribution in [1.82, 2.24) is 4.90 Å². The number of amides is 1. The third kappa shape index (κ3) is 3.15. The van der Waals surface area contributed by atoms with E-state index in [1.807, 2.05) is 36.3 Å². The number of carbonyl (C=O) groups excluding carboxylic acids is 1. The average Bonchev–Trinajstić information content (AvgIpc) is 2.80. The zero-order chi connectivity index (χ0) is 14.0. The number of carbonyl (C=O) groups is 2. The van der Waals surface area contributed by atoms with E-state index in [1.165, 1.54) is 0 Å². The van der Waals surface area contributed by atoms with Crippen LogP contribution < -0.4 is 0 Å². The molecule has 1 aromatic heterocycles. The Morgan fingerprint density at radius 3 is 2.47 bits per heavy atom. The lowest BCUT2D eigenvalue weighted by Gasteiger charge is -2.41. The van der Waals surface area contributed by atoms with Crippen molar-refractivity contribution in [2.45, 2.75) is 45.2 Å². The van der Waals surface area contributed by atoms with E-state index in [4.69, 9.17) is 5.11 Å². The maximum Gasteiger partial charge on any atom is 0.306 e. The van der Waals surface area contributed by atoms with Crippen molar-refractivity contribution in [2.75, 3.05) is 0 Å². The normalized spacial score (nSPS) is 27.3. The molecular weight excluding hydrogens is 262 g/mol. The molecule has 0 spiro atoms. The average molecular weight is 281 g/mol. The standard InChI is InChI=1S/C14H19NO3S/c1-9-6-11(14(17)18)7-10(2)15(9)13(16)8-12-4-3-5-19-12/h3-5,9-11H,6-8H2,1-2H3,(H,17,18). The number of hydrogen-bond donors (Lipinski definition) is 1. The van der Waals surface area contributed by atoms with Gasteiger partial charge in [-0.05, 0) is 38.1 Å². The van der Waals surface area contributed by atoms with Crippen LogP contribution in [-0.2, 0) is 16.0 Å². The molecule has 2 unspecified atom stereocenters. The Kier molecular flexibility index (Phi) is 4.24. The molecule has 5 heteroatoms. The van der Waals surface area contributed by atoms with Crippen LogP contribution in [0, 0.1) is 5.92 Å². The lowest BCUT2D eigenvalue weighted by atomic mass is 9.87. The van der Waals surface area contributed by atoms with Crippen molar-refractivity contribution in [1.29, 1.82) is 0 Å². The van der Waals surface area contributed by atoms with E-state index in [1.54, 1.807) is 11.3 Å². The monoisotopic (exact) mass is 281 g/mol. The Hall–Kier alpha value is -1.36. The van der Waals surface area contributed by atoms with Gasteiger partial charge >= 0.3 is 5.97 Å². The highest BCUT2D eigenvalue weighted by Gasteiger charge is 2.36. The van der Waals surface area contributed by atoms with Gasteiger partial charge in [-0.3, -0.25) is 9.59 Å². The molecule has 2 heterocycles. The molecule has 2 rings (SSSR count). The van der Waals surface area contributed by atoms with Gasteiger partial charge in [-0.15, -0.1) is 11.3 Å². The van der Waals surface area contributed by atoms with Crippen LogP contribution in [0.25, 0.3) is 0 Å². The molecule has 104 valence electrons. The smallest absolute Gasteiger partial charge is 0.306 e. The van der Waals surface area contributed by atoms with Crippen LogP contribution in [0.15, 0.2) is 17.5 Å². The van der Waals surface area contributed by atoms with Crippen molar-refractivity contribution in [3.63, 3.8) is 0 Å². The highest BCUT2D eigenvalue weighted by Crippen LogP contribution is 2.28. The molecule has 1 aliphatic rings. The fraction of sp³-hybridized carbons (Fsp3) is 0.571. The number of likely N-dealkylation sites (tertiary alicyclic amines) is 1. The number of rotatable bonds is 3. The molecule has 1 saturated heterocycles. The van der Waals surface area contributed by atoms with Gasteiger partial charge in [0.25, 0.3) is 0 Å². The fourth-order valence-electron chi connectivity index (χ4n) is 2.93. The van der Waals surface area contributed by atoms with Crippen LogP contribution in [0.3, 0.4) is 0 Å². The maximum absolute atomic E-state index is 12.3. The Balaban J connectivity index is 2.03. The van der Waals surface area contributed by atoms with E-state index < -0.39 is 5.97 Å². The van der Waals surface area contributed by atoms with Crippen LogP contribution in [-0.4, -0.2) is 34.0 Å². The summed E-state index contributed by atoms with van der Waals surface area (Å²) in [6.07, 6.45) is 1.52. The first kappa shape index (κ1) is 14.1. The van der Waals surface area contributed by atoms with Crippen LogP contribution >= 0.6 is 11.3 Å². The molecule has 1 aromatic rings. The molecule has 1 N–H and O–H groups in total. The summed E-state index contributed by atoms with van der Waals surface area (Å²) in [4.78, 5) is 26.3. The summed E-state index contributed by atoms with van der Waals surface area (Å²) in [5.41, 5.74) is 0. The molecule has 2 atom stereocenters. The summed E-state index contributed by atoms with van der Waals surface area (Å²) in [5.74, 6) is -0.967. The molecule has 1 fully saturated rings. The van der Waals surface area contributed by atoms with Crippen LogP contribution in [0.1, 0.15) is 31.6 Å². The molecular formula is C14H19NO3S. The molecule has 4 nitrogen and oxygen atoms in total. The Labute approximate surface area is 117 Å². The number of aliphatic carboxylic acids is 1. The molecule has 0 bridgehead atoms. The number of carboxylic acid groups (broad SMARTS) is 1. The van der Waals surface area contributed by atoms with Gasteiger partial charge in [0, 0.05) is 17.0 Å². The number of hydrogen-bond acceptors (Lipinski definition) is 3. The number of piperidine rings is 1. The van der Waals surface area contributed by atoms with E-state index in [0.29, 0.717) is 19.3 Å². The third-order valence-electron chi connectivity index (χ3n) is 3.74. The summed E-state index contributed by atoms with van der Waals surface area (Å²) in [6, 6.07) is 3.90. The van der Waals surface area contributed by atoms with Crippen LogP contribution in [0.4, 0.5) is 0 Å². The number of carboxylic acids is 1. The minimum atomic E-state index is -0.746. The molecule has 0 aromatic carbocycles. The summed E-state index contributed by atoms with van der Waals surface area (Å²) < 4.78 is 0. The summed E-state index contributed by atoms with van der Waals surface area (Å²) >= 11 is 1.58. The van der Waals surface area contributed by atoms with Crippen LogP contribution in [0.5, 0.6) is 0 Å². The van der Waals surface area contributed by atoms with Crippen molar-refractivity contribution >= 4 is 23.2 Å². The summed E-state index contributed by atoms with van der Waals surface area (Å²) in [5, 5.41) is 11.1. The highest BCUT2D eigenvalue weighted by molar-refractivity contribution is 7.10. The molecule has 1 amide bonds. The minimum absolute atomic E-state index is 0.00249.